The molecule has 2 nitrogen and oxygen atoms in total. The largest absolute Gasteiger partial charge is 0.378 e. The third-order valence-electron chi connectivity index (χ3n) is 4.08. The Bertz CT molecular complexity index is 448. The number of benzene rings is 1. The number of nitrogens with one attached hydrogen (secondary N) is 1. The van der Waals surface area contributed by atoms with Crippen LogP contribution in [0.15, 0.2) is 27.1 Å². The van der Waals surface area contributed by atoms with Crippen molar-refractivity contribution in [3.63, 3.8) is 0 Å². The zero-order valence-electron chi connectivity index (χ0n) is 11.7. The number of rotatable bonds is 5. The first-order valence-electron chi connectivity index (χ1n) is 6.74. The van der Waals surface area contributed by atoms with E-state index in [4.69, 9.17) is 4.74 Å². The lowest BCUT2D eigenvalue weighted by Gasteiger charge is -2.52. The molecule has 0 aliphatic heterocycles. The smallest absolute Gasteiger partial charge is 0.0655 e. The Labute approximate surface area is 132 Å². The van der Waals surface area contributed by atoms with Crippen LogP contribution in [0.3, 0.4) is 0 Å². The molecule has 4 heteroatoms. The highest BCUT2D eigenvalue weighted by atomic mass is 79.9. The lowest BCUT2D eigenvalue weighted by Crippen LogP contribution is -2.60. The van der Waals surface area contributed by atoms with Gasteiger partial charge in [-0.1, -0.05) is 19.9 Å². The monoisotopic (exact) mass is 389 g/mol. The molecule has 106 valence electrons. The van der Waals surface area contributed by atoms with Gasteiger partial charge in [0.05, 0.1) is 6.10 Å². The molecule has 2 unspecified atom stereocenters. The summed E-state index contributed by atoms with van der Waals surface area (Å²) in [7, 11) is 0. The summed E-state index contributed by atoms with van der Waals surface area (Å²) in [6.07, 6.45) is 1.50. The lowest BCUT2D eigenvalue weighted by molar-refractivity contribution is -0.114. The molecule has 0 amide bonds. The summed E-state index contributed by atoms with van der Waals surface area (Å²) in [6, 6.07) is 6.92. The Kier molecular flexibility index (Phi) is 5.09. The Balaban J connectivity index is 1.88. The van der Waals surface area contributed by atoms with Gasteiger partial charge in [-0.3, -0.25) is 0 Å². The molecule has 0 bridgehead atoms. The van der Waals surface area contributed by atoms with E-state index in [-0.39, 0.29) is 5.41 Å². The Hall–Kier alpha value is 0.1000. The molecule has 0 spiro atoms. The predicted molar refractivity (Wildman–Crippen MR) is 86.3 cm³/mol. The van der Waals surface area contributed by atoms with Crippen LogP contribution in [0.5, 0.6) is 0 Å². The van der Waals surface area contributed by atoms with Gasteiger partial charge in [0.1, 0.15) is 0 Å². The van der Waals surface area contributed by atoms with Crippen molar-refractivity contribution in [2.45, 2.75) is 45.9 Å². The SMILES string of the molecule is CCOC1CC(NCc2ccc(Br)c(Br)c2)C1(C)C. The van der Waals surface area contributed by atoms with Crippen molar-refractivity contribution < 1.29 is 4.74 Å². The van der Waals surface area contributed by atoms with Crippen LogP contribution in [-0.4, -0.2) is 18.8 Å². The van der Waals surface area contributed by atoms with Gasteiger partial charge in [-0.25, -0.2) is 0 Å². The quantitative estimate of drug-likeness (QED) is 0.798. The van der Waals surface area contributed by atoms with Crippen LogP contribution in [0.25, 0.3) is 0 Å². The molecule has 0 heterocycles. The first-order chi connectivity index (χ1) is 8.95. The van der Waals surface area contributed by atoms with Crippen LogP contribution in [0, 0.1) is 5.41 Å². The maximum absolute atomic E-state index is 5.76. The zero-order valence-corrected chi connectivity index (χ0v) is 14.8. The summed E-state index contributed by atoms with van der Waals surface area (Å²) in [5.74, 6) is 0. The van der Waals surface area contributed by atoms with Crippen molar-refractivity contribution >= 4 is 31.9 Å². The van der Waals surface area contributed by atoms with Crippen molar-refractivity contribution in [3.05, 3.63) is 32.7 Å². The summed E-state index contributed by atoms with van der Waals surface area (Å²) < 4.78 is 7.95. The van der Waals surface area contributed by atoms with Gasteiger partial charge in [-0.2, -0.15) is 0 Å². The zero-order chi connectivity index (χ0) is 14.0. The van der Waals surface area contributed by atoms with E-state index in [0.717, 1.165) is 28.5 Å². The van der Waals surface area contributed by atoms with Crippen molar-refractivity contribution in [1.82, 2.24) is 5.32 Å². The highest BCUT2D eigenvalue weighted by Gasteiger charge is 2.48. The fraction of sp³-hybridized carbons (Fsp3) is 0.600. The predicted octanol–water partition coefficient (Wildman–Crippen LogP) is 4.50. The van der Waals surface area contributed by atoms with Gasteiger partial charge in [0.2, 0.25) is 0 Å². The van der Waals surface area contributed by atoms with E-state index >= 15 is 0 Å². The average Bonchev–Trinajstić information content (AvgIpc) is 2.37. The van der Waals surface area contributed by atoms with Crippen molar-refractivity contribution in [2.24, 2.45) is 5.41 Å². The van der Waals surface area contributed by atoms with Gasteiger partial charge >= 0.3 is 0 Å². The number of ether oxygens (including phenoxy) is 1. The van der Waals surface area contributed by atoms with Crippen molar-refractivity contribution in [1.29, 1.82) is 0 Å². The fourth-order valence-electron chi connectivity index (χ4n) is 2.61. The third kappa shape index (κ3) is 3.41. The van der Waals surface area contributed by atoms with Gasteiger partial charge in [0.15, 0.2) is 0 Å². The number of hydrogen-bond donors (Lipinski definition) is 1. The molecular formula is C15H21Br2NO. The van der Waals surface area contributed by atoms with E-state index in [1.54, 1.807) is 0 Å². The average molecular weight is 391 g/mol. The second-order valence-electron chi connectivity index (χ2n) is 5.68. The maximum atomic E-state index is 5.76. The molecule has 1 aromatic rings. The molecule has 1 aliphatic carbocycles. The molecule has 2 rings (SSSR count). The molecule has 1 N–H and O–H groups in total. The maximum Gasteiger partial charge on any atom is 0.0655 e. The summed E-state index contributed by atoms with van der Waals surface area (Å²) >= 11 is 7.04. The highest BCUT2D eigenvalue weighted by molar-refractivity contribution is 9.13. The molecule has 1 saturated carbocycles. The van der Waals surface area contributed by atoms with E-state index in [9.17, 15) is 0 Å². The van der Waals surface area contributed by atoms with Crippen LogP contribution in [0.1, 0.15) is 32.8 Å². The summed E-state index contributed by atoms with van der Waals surface area (Å²) in [4.78, 5) is 0. The molecule has 1 aliphatic rings. The molecule has 1 aromatic carbocycles. The first kappa shape index (κ1) is 15.5. The third-order valence-corrected chi connectivity index (χ3v) is 5.96. The van der Waals surface area contributed by atoms with Crippen LogP contribution in [-0.2, 0) is 11.3 Å². The minimum Gasteiger partial charge on any atom is -0.378 e. The normalized spacial score (nSPS) is 25.1. The second-order valence-corrected chi connectivity index (χ2v) is 7.39. The molecule has 0 radical (unpaired) electrons. The van der Waals surface area contributed by atoms with E-state index < -0.39 is 0 Å². The summed E-state index contributed by atoms with van der Waals surface area (Å²) in [6.45, 7) is 8.34. The molecular weight excluding hydrogens is 370 g/mol. The molecule has 0 saturated heterocycles. The van der Waals surface area contributed by atoms with Crippen LogP contribution in [0.4, 0.5) is 0 Å². The fourth-order valence-corrected chi connectivity index (χ4v) is 3.28. The Morgan fingerprint density at radius 1 is 1.32 bits per heavy atom. The van der Waals surface area contributed by atoms with Crippen LogP contribution < -0.4 is 5.32 Å². The molecule has 1 fully saturated rings. The van der Waals surface area contributed by atoms with Crippen LogP contribution in [0.2, 0.25) is 0 Å². The second kappa shape index (κ2) is 6.25. The van der Waals surface area contributed by atoms with Crippen molar-refractivity contribution in [3.8, 4) is 0 Å². The van der Waals surface area contributed by atoms with Gasteiger partial charge < -0.3 is 10.1 Å². The van der Waals surface area contributed by atoms with Gasteiger partial charge in [-0.15, -0.1) is 0 Å². The van der Waals surface area contributed by atoms with Gasteiger partial charge in [-0.05, 0) is 62.9 Å². The van der Waals surface area contributed by atoms with Gasteiger partial charge in [0, 0.05) is 33.6 Å². The summed E-state index contributed by atoms with van der Waals surface area (Å²) in [5.41, 5.74) is 1.52. The molecule has 2 atom stereocenters. The number of hydrogen-bond acceptors (Lipinski definition) is 2. The van der Waals surface area contributed by atoms with E-state index in [0.29, 0.717) is 12.1 Å². The topological polar surface area (TPSA) is 21.3 Å². The summed E-state index contributed by atoms with van der Waals surface area (Å²) in [5, 5.41) is 3.64. The van der Waals surface area contributed by atoms with Gasteiger partial charge in [0.25, 0.3) is 0 Å². The van der Waals surface area contributed by atoms with E-state index in [2.05, 4.69) is 76.1 Å². The molecule has 19 heavy (non-hydrogen) atoms. The number of halogens is 2. The standard InChI is InChI=1S/C15H21Br2NO/c1-4-19-14-8-13(15(14,2)3)18-9-10-5-6-11(16)12(17)7-10/h5-7,13-14,18H,4,8-9H2,1-3H3. The first-order valence-corrected chi connectivity index (χ1v) is 8.32. The molecule has 0 aromatic heterocycles. The van der Waals surface area contributed by atoms with E-state index in [1.807, 2.05) is 0 Å². The van der Waals surface area contributed by atoms with E-state index in [1.165, 1.54) is 5.56 Å². The van der Waals surface area contributed by atoms with Crippen molar-refractivity contribution in [2.75, 3.05) is 6.61 Å². The minimum atomic E-state index is 0.225. The Morgan fingerprint density at radius 2 is 2.05 bits per heavy atom. The lowest BCUT2D eigenvalue weighted by atomic mass is 9.64. The highest BCUT2D eigenvalue weighted by Crippen LogP contribution is 2.42. The van der Waals surface area contributed by atoms with Crippen LogP contribution >= 0.6 is 31.9 Å². The Morgan fingerprint density at radius 3 is 2.63 bits per heavy atom. The minimum absolute atomic E-state index is 0.225.